The minimum Gasteiger partial charge on any atom is -0.454 e. The van der Waals surface area contributed by atoms with Gasteiger partial charge in [0.1, 0.15) is 0 Å². The third-order valence-corrected chi connectivity index (χ3v) is 3.59. The van der Waals surface area contributed by atoms with Crippen LogP contribution in [0.15, 0.2) is 28.8 Å². The number of hydrogen-bond donors (Lipinski definition) is 0. The number of rotatable bonds is 5. The monoisotopic (exact) mass is 329 g/mol. The summed E-state index contributed by atoms with van der Waals surface area (Å²) < 4.78 is 9.88. The van der Waals surface area contributed by atoms with Gasteiger partial charge < -0.3 is 9.26 Å². The summed E-state index contributed by atoms with van der Waals surface area (Å²) in [5, 5.41) is 3.63. The van der Waals surface area contributed by atoms with Crippen LogP contribution in [0, 0.1) is 6.92 Å². The number of aryl methyl sites for hydroxylation is 1. The van der Waals surface area contributed by atoms with Gasteiger partial charge >= 0.3 is 5.97 Å². The van der Waals surface area contributed by atoms with Crippen LogP contribution >= 0.6 is 0 Å². The molecule has 8 heteroatoms. The van der Waals surface area contributed by atoms with E-state index in [0.717, 1.165) is 5.56 Å². The molecule has 0 unspecified atom stereocenters. The Balaban J connectivity index is 1.58. The number of nitrogens with zero attached hydrogens (tertiary/aromatic N) is 3. The van der Waals surface area contributed by atoms with Crippen LogP contribution in [0.25, 0.3) is 0 Å². The van der Waals surface area contributed by atoms with E-state index in [2.05, 4.69) is 10.1 Å². The van der Waals surface area contributed by atoms with Crippen molar-refractivity contribution in [1.29, 1.82) is 0 Å². The summed E-state index contributed by atoms with van der Waals surface area (Å²) in [6, 6.07) is 6.55. The third kappa shape index (κ3) is 3.48. The summed E-state index contributed by atoms with van der Waals surface area (Å²) in [6.07, 6.45) is 0.525. The van der Waals surface area contributed by atoms with Crippen molar-refractivity contribution in [2.45, 2.75) is 32.9 Å². The van der Waals surface area contributed by atoms with Crippen LogP contribution in [0.5, 0.6) is 0 Å². The Morgan fingerprint density at radius 3 is 2.46 bits per heavy atom. The second-order valence-corrected chi connectivity index (χ2v) is 5.38. The van der Waals surface area contributed by atoms with Gasteiger partial charge in [0.15, 0.2) is 6.61 Å². The lowest BCUT2D eigenvalue weighted by Gasteiger charge is -2.13. The molecule has 0 aliphatic carbocycles. The molecule has 0 atom stereocenters. The topological polar surface area (TPSA) is 103 Å². The molecule has 2 aromatic rings. The highest BCUT2D eigenvalue weighted by Gasteiger charge is 2.28. The van der Waals surface area contributed by atoms with Gasteiger partial charge in [0.2, 0.25) is 23.5 Å². The van der Waals surface area contributed by atoms with E-state index in [1.165, 1.54) is 4.90 Å². The van der Waals surface area contributed by atoms with Crippen LogP contribution in [0.1, 0.15) is 40.5 Å². The lowest BCUT2D eigenvalue weighted by molar-refractivity contribution is -0.139. The molecule has 0 bridgehead atoms. The zero-order chi connectivity index (χ0) is 17.1. The van der Waals surface area contributed by atoms with Gasteiger partial charge in [-0.1, -0.05) is 17.3 Å². The zero-order valence-electron chi connectivity index (χ0n) is 13.0. The lowest BCUT2D eigenvalue weighted by Crippen LogP contribution is -2.28. The maximum absolute atomic E-state index is 12.0. The molecule has 1 fully saturated rings. The Bertz CT molecular complexity index is 765. The molecule has 3 rings (SSSR count). The largest absolute Gasteiger partial charge is 0.454 e. The summed E-state index contributed by atoms with van der Waals surface area (Å²) in [5.74, 6) is -0.157. The lowest BCUT2D eigenvalue weighted by atomic mass is 10.1. The number of likely N-dealkylation sites (tertiary alicyclic amines) is 1. The Hall–Kier alpha value is -3.03. The molecule has 0 saturated carbocycles. The molecule has 0 N–H and O–H groups in total. The minimum atomic E-state index is -0.516. The number of aromatic nitrogens is 2. The van der Waals surface area contributed by atoms with Crippen molar-refractivity contribution in [2.24, 2.45) is 0 Å². The zero-order valence-corrected chi connectivity index (χ0v) is 13.0. The van der Waals surface area contributed by atoms with Crippen LogP contribution in [0.3, 0.4) is 0 Å². The quantitative estimate of drug-likeness (QED) is 0.603. The van der Waals surface area contributed by atoms with Crippen LogP contribution in [-0.4, -0.2) is 32.8 Å². The smallest absolute Gasteiger partial charge is 0.338 e. The summed E-state index contributed by atoms with van der Waals surface area (Å²) in [7, 11) is 0. The normalized spacial score (nSPS) is 14.3. The van der Waals surface area contributed by atoms with E-state index >= 15 is 0 Å². The first-order chi connectivity index (χ1) is 11.5. The van der Waals surface area contributed by atoms with E-state index in [4.69, 9.17) is 9.26 Å². The molecule has 1 aliphatic rings. The predicted octanol–water partition coefficient (Wildman–Crippen LogP) is 1.38. The first-order valence-corrected chi connectivity index (χ1v) is 7.41. The van der Waals surface area contributed by atoms with Gasteiger partial charge in [0.25, 0.3) is 0 Å². The summed E-state index contributed by atoms with van der Waals surface area (Å²) in [4.78, 5) is 40.3. The fraction of sp³-hybridized carbons (Fsp3) is 0.312. The second kappa shape index (κ2) is 6.61. The van der Waals surface area contributed by atoms with Gasteiger partial charge in [-0.15, -0.1) is 0 Å². The number of carbonyl (C=O) groups is 3. The number of hydrogen-bond acceptors (Lipinski definition) is 7. The Labute approximate surface area is 137 Å². The Morgan fingerprint density at radius 1 is 1.21 bits per heavy atom. The van der Waals surface area contributed by atoms with E-state index in [0.29, 0.717) is 17.3 Å². The minimum absolute atomic E-state index is 0.0747. The average molecular weight is 329 g/mol. The molecule has 0 spiro atoms. The predicted molar refractivity (Wildman–Crippen MR) is 79.4 cm³/mol. The Morgan fingerprint density at radius 2 is 1.88 bits per heavy atom. The number of ether oxygens (including phenoxy) is 1. The fourth-order valence-electron chi connectivity index (χ4n) is 2.34. The van der Waals surface area contributed by atoms with E-state index < -0.39 is 5.97 Å². The highest BCUT2D eigenvalue weighted by Crippen LogP contribution is 2.16. The first-order valence-electron chi connectivity index (χ1n) is 7.41. The summed E-state index contributed by atoms with van der Waals surface area (Å²) >= 11 is 0. The van der Waals surface area contributed by atoms with Gasteiger partial charge in [0, 0.05) is 19.8 Å². The van der Waals surface area contributed by atoms with Crippen LogP contribution in [0.2, 0.25) is 0 Å². The fourth-order valence-corrected chi connectivity index (χ4v) is 2.34. The molecule has 1 aliphatic heterocycles. The average Bonchev–Trinajstić information content (AvgIpc) is 3.13. The van der Waals surface area contributed by atoms with Gasteiger partial charge in [-0.3, -0.25) is 14.5 Å². The Kier molecular flexibility index (Phi) is 4.37. The van der Waals surface area contributed by atoms with Gasteiger partial charge in [-0.25, -0.2) is 4.79 Å². The van der Waals surface area contributed by atoms with Crippen molar-refractivity contribution in [3.63, 3.8) is 0 Å². The molecule has 24 heavy (non-hydrogen) atoms. The van der Waals surface area contributed by atoms with E-state index in [9.17, 15) is 14.4 Å². The van der Waals surface area contributed by atoms with E-state index in [-0.39, 0.29) is 37.8 Å². The molecule has 1 aromatic carbocycles. The highest BCUT2D eigenvalue weighted by molar-refractivity contribution is 6.01. The van der Waals surface area contributed by atoms with Gasteiger partial charge in [-0.05, 0) is 17.7 Å². The number of esters is 1. The van der Waals surface area contributed by atoms with Crippen molar-refractivity contribution in [2.75, 3.05) is 0 Å². The maximum Gasteiger partial charge on any atom is 0.338 e. The van der Waals surface area contributed by atoms with Crippen molar-refractivity contribution in [3.8, 4) is 0 Å². The van der Waals surface area contributed by atoms with Crippen molar-refractivity contribution in [1.82, 2.24) is 15.0 Å². The third-order valence-electron chi connectivity index (χ3n) is 3.59. The number of benzene rings is 1. The molecule has 8 nitrogen and oxygen atoms in total. The molecule has 0 radical (unpaired) electrons. The van der Waals surface area contributed by atoms with E-state index in [1.807, 2.05) is 0 Å². The first kappa shape index (κ1) is 15.9. The molecule has 2 amide bonds. The standard InChI is InChI=1S/C16H15N3O5/c1-10-17-13(18-24-10)9-23-16(22)12-4-2-11(3-5-12)8-19-14(20)6-7-15(19)21/h2-5H,6-9H2,1H3. The van der Waals surface area contributed by atoms with Crippen molar-refractivity contribution < 1.29 is 23.6 Å². The van der Waals surface area contributed by atoms with Crippen LogP contribution < -0.4 is 0 Å². The number of imide groups is 1. The summed E-state index contributed by atoms with van der Waals surface area (Å²) in [5.41, 5.74) is 1.13. The van der Waals surface area contributed by atoms with Gasteiger partial charge in [-0.2, -0.15) is 4.98 Å². The molecule has 1 saturated heterocycles. The molecule has 1 aromatic heterocycles. The van der Waals surface area contributed by atoms with Crippen molar-refractivity contribution in [3.05, 3.63) is 47.1 Å². The molecule has 124 valence electrons. The van der Waals surface area contributed by atoms with Gasteiger partial charge in [0.05, 0.1) is 12.1 Å². The van der Waals surface area contributed by atoms with Crippen LogP contribution in [-0.2, 0) is 27.5 Å². The van der Waals surface area contributed by atoms with E-state index in [1.54, 1.807) is 31.2 Å². The van der Waals surface area contributed by atoms with Crippen molar-refractivity contribution >= 4 is 17.8 Å². The van der Waals surface area contributed by atoms with Crippen LogP contribution in [0.4, 0.5) is 0 Å². The summed E-state index contributed by atoms with van der Waals surface area (Å²) in [6.45, 7) is 1.79. The maximum atomic E-state index is 12.0. The highest BCUT2D eigenvalue weighted by atomic mass is 16.5. The molecule has 2 heterocycles. The molecular formula is C16H15N3O5. The molecular weight excluding hydrogens is 314 g/mol. The number of carbonyl (C=O) groups excluding carboxylic acids is 3. The second-order valence-electron chi connectivity index (χ2n) is 5.38. The number of amides is 2. The SMILES string of the molecule is Cc1nc(COC(=O)c2ccc(CN3C(=O)CCC3=O)cc2)no1.